The molecule has 0 bridgehead atoms. The maximum atomic E-state index is 10.7. The van der Waals surface area contributed by atoms with Crippen LogP contribution < -0.4 is 0 Å². The zero-order chi connectivity index (χ0) is 10.6. The smallest absolute Gasteiger partial charge is 0.303 e. The summed E-state index contributed by atoms with van der Waals surface area (Å²) in [5, 5.41) is 0. The molecule has 0 aromatic carbocycles. The highest BCUT2D eigenvalue weighted by molar-refractivity contribution is 5.67. The molecular formula is C9H12O5. The Bertz CT molecular complexity index is 258. The van der Waals surface area contributed by atoms with E-state index in [2.05, 4.69) is 0 Å². The van der Waals surface area contributed by atoms with Crippen molar-refractivity contribution in [1.82, 2.24) is 0 Å². The first-order chi connectivity index (χ1) is 6.59. The van der Waals surface area contributed by atoms with Gasteiger partial charge in [-0.2, -0.15) is 0 Å². The van der Waals surface area contributed by atoms with Crippen LogP contribution in [0.5, 0.6) is 0 Å². The van der Waals surface area contributed by atoms with Crippen molar-refractivity contribution in [3.05, 3.63) is 12.3 Å². The first-order valence-corrected chi connectivity index (χ1v) is 4.22. The summed E-state index contributed by atoms with van der Waals surface area (Å²) < 4.78 is 14.8. The highest BCUT2D eigenvalue weighted by Crippen LogP contribution is 2.12. The lowest BCUT2D eigenvalue weighted by atomic mass is 10.2. The molecule has 0 N–H and O–H groups in total. The molecule has 0 radical (unpaired) electrons. The van der Waals surface area contributed by atoms with Gasteiger partial charge in [0.2, 0.25) is 0 Å². The van der Waals surface area contributed by atoms with Crippen molar-refractivity contribution >= 4 is 11.9 Å². The molecule has 1 heterocycles. The van der Waals surface area contributed by atoms with Gasteiger partial charge in [0.1, 0.15) is 6.61 Å². The fourth-order valence-corrected chi connectivity index (χ4v) is 1.12. The number of carbonyl (C=O) groups is 2. The van der Waals surface area contributed by atoms with Crippen molar-refractivity contribution in [2.45, 2.75) is 26.1 Å². The minimum Gasteiger partial charge on any atom is -0.497 e. The molecule has 0 saturated carbocycles. The number of carbonyl (C=O) groups excluding carboxylic acids is 2. The molecule has 5 nitrogen and oxygen atoms in total. The number of hydrogen-bond donors (Lipinski definition) is 0. The van der Waals surface area contributed by atoms with E-state index >= 15 is 0 Å². The van der Waals surface area contributed by atoms with Crippen LogP contribution in [0, 0.1) is 0 Å². The lowest BCUT2D eigenvalue weighted by Crippen LogP contribution is -2.38. The van der Waals surface area contributed by atoms with Crippen molar-refractivity contribution in [1.29, 1.82) is 0 Å². The van der Waals surface area contributed by atoms with E-state index in [9.17, 15) is 9.59 Å². The van der Waals surface area contributed by atoms with Crippen LogP contribution in [-0.4, -0.2) is 30.8 Å². The van der Waals surface area contributed by atoms with Crippen molar-refractivity contribution in [3.8, 4) is 0 Å². The molecular weight excluding hydrogens is 188 g/mol. The van der Waals surface area contributed by atoms with E-state index in [0.29, 0.717) is 0 Å². The maximum absolute atomic E-state index is 10.7. The Hall–Kier alpha value is -1.52. The van der Waals surface area contributed by atoms with E-state index < -0.39 is 24.1 Å². The third-order valence-corrected chi connectivity index (χ3v) is 1.61. The molecule has 1 unspecified atom stereocenters. The van der Waals surface area contributed by atoms with Gasteiger partial charge in [0, 0.05) is 13.8 Å². The summed E-state index contributed by atoms with van der Waals surface area (Å²) >= 11 is 0. The van der Waals surface area contributed by atoms with Gasteiger partial charge in [0.25, 0.3) is 0 Å². The van der Waals surface area contributed by atoms with Gasteiger partial charge in [-0.25, -0.2) is 0 Å². The van der Waals surface area contributed by atoms with Crippen LogP contribution in [0.1, 0.15) is 13.8 Å². The van der Waals surface area contributed by atoms with Gasteiger partial charge in [-0.15, -0.1) is 0 Å². The summed E-state index contributed by atoms with van der Waals surface area (Å²) in [6.45, 7) is 2.80. The van der Waals surface area contributed by atoms with E-state index in [1.54, 1.807) is 6.08 Å². The molecule has 1 aliphatic rings. The third-order valence-electron chi connectivity index (χ3n) is 1.61. The molecule has 1 aliphatic heterocycles. The van der Waals surface area contributed by atoms with Gasteiger partial charge in [-0.05, 0) is 6.08 Å². The Kier molecular flexibility index (Phi) is 3.50. The quantitative estimate of drug-likeness (QED) is 0.603. The number of rotatable bonds is 2. The Labute approximate surface area is 81.6 Å². The zero-order valence-electron chi connectivity index (χ0n) is 8.06. The summed E-state index contributed by atoms with van der Waals surface area (Å²) in [7, 11) is 0. The number of hydrogen-bond acceptors (Lipinski definition) is 5. The van der Waals surface area contributed by atoms with Gasteiger partial charge in [0.15, 0.2) is 12.2 Å². The summed E-state index contributed by atoms with van der Waals surface area (Å²) in [5.74, 6) is -0.843. The second kappa shape index (κ2) is 4.64. The first-order valence-electron chi connectivity index (χ1n) is 4.22. The predicted molar refractivity (Wildman–Crippen MR) is 46.2 cm³/mol. The fourth-order valence-electron chi connectivity index (χ4n) is 1.12. The highest BCUT2D eigenvalue weighted by Gasteiger charge is 2.27. The summed E-state index contributed by atoms with van der Waals surface area (Å²) in [4.78, 5) is 21.4. The second-order valence-corrected chi connectivity index (χ2v) is 2.88. The summed E-state index contributed by atoms with van der Waals surface area (Å²) in [6.07, 6.45) is 1.86. The lowest BCUT2D eigenvalue weighted by molar-refractivity contribution is -0.166. The second-order valence-electron chi connectivity index (χ2n) is 2.88. The van der Waals surface area contributed by atoms with Crippen LogP contribution in [0.3, 0.4) is 0 Å². The van der Waals surface area contributed by atoms with Crippen LogP contribution in [0.25, 0.3) is 0 Å². The van der Waals surface area contributed by atoms with Gasteiger partial charge >= 0.3 is 11.9 Å². The van der Waals surface area contributed by atoms with Crippen LogP contribution in [0.4, 0.5) is 0 Å². The molecule has 0 saturated heterocycles. The van der Waals surface area contributed by atoms with Crippen LogP contribution in [-0.2, 0) is 23.8 Å². The molecule has 0 aromatic rings. The molecule has 14 heavy (non-hydrogen) atoms. The zero-order valence-corrected chi connectivity index (χ0v) is 8.06. The van der Waals surface area contributed by atoms with Crippen molar-refractivity contribution in [3.63, 3.8) is 0 Å². The molecule has 1 rings (SSSR count). The molecule has 0 aromatic heterocycles. The third kappa shape index (κ3) is 3.08. The Morgan fingerprint density at radius 3 is 2.50 bits per heavy atom. The minimum atomic E-state index is -0.554. The van der Waals surface area contributed by atoms with Gasteiger partial charge in [0.05, 0.1) is 6.26 Å². The molecule has 2 atom stereocenters. The average Bonchev–Trinajstić information content (AvgIpc) is 2.06. The standard InChI is InChI=1S/C9H12O5/c1-6(10)13-8-3-4-12-5-9(8)14-7(2)11/h3-4,8-9H,5H2,1-2H3/t8-,9?/m0/s1. The predicted octanol–water partition coefficient (Wildman–Crippen LogP) is 0.394. The average molecular weight is 200 g/mol. The monoisotopic (exact) mass is 200 g/mol. The SMILES string of the molecule is CC(=O)OC1COC=C[C@@H]1OC(C)=O. The molecule has 0 amide bonds. The van der Waals surface area contributed by atoms with E-state index in [0.717, 1.165) is 0 Å². The van der Waals surface area contributed by atoms with E-state index in [1.165, 1.54) is 20.1 Å². The van der Waals surface area contributed by atoms with Crippen molar-refractivity contribution in [2.75, 3.05) is 6.61 Å². The molecule has 5 heteroatoms. The Morgan fingerprint density at radius 2 is 1.93 bits per heavy atom. The molecule has 0 spiro atoms. The lowest BCUT2D eigenvalue weighted by Gasteiger charge is -2.26. The van der Waals surface area contributed by atoms with Gasteiger partial charge in [-0.3, -0.25) is 9.59 Å². The molecule has 0 aliphatic carbocycles. The Balaban J connectivity index is 2.57. The van der Waals surface area contributed by atoms with E-state index in [1.807, 2.05) is 0 Å². The van der Waals surface area contributed by atoms with Gasteiger partial charge in [-0.1, -0.05) is 0 Å². The van der Waals surface area contributed by atoms with E-state index in [4.69, 9.17) is 14.2 Å². The highest BCUT2D eigenvalue weighted by atomic mass is 16.6. The van der Waals surface area contributed by atoms with Crippen molar-refractivity contribution < 1.29 is 23.8 Å². The van der Waals surface area contributed by atoms with E-state index in [-0.39, 0.29) is 6.61 Å². The normalized spacial score (nSPS) is 25.0. The number of esters is 2. The fraction of sp³-hybridized carbons (Fsp3) is 0.556. The maximum Gasteiger partial charge on any atom is 0.303 e. The topological polar surface area (TPSA) is 61.8 Å². The minimum absolute atomic E-state index is 0.202. The number of ether oxygens (including phenoxy) is 3. The molecule has 78 valence electrons. The first kappa shape index (κ1) is 10.6. The molecule has 0 fully saturated rings. The van der Waals surface area contributed by atoms with Gasteiger partial charge < -0.3 is 14.2 Å². The largest absolute Gasteiger partial charge is 0.497 e. The summed E-state index contributed by atoms with van der Waals surface area (Å²) in [6, 6.07) is 0. The van der Waals surface area contributed by atoms with Crippen LogP contribution >= 0.6 is 0 Å². The van der Waals surface area contributed by atoms with Crippen LogP contribution in [0.2, 0.25) is 0 Å². The van der Waals surface area contributed by atoms with Crippen LogP contribution in [0.15, 0.2) is 12.3 Å². The summed E-state index contributed by atoms with van der Waals surface area (Å²) in [5.41, 5.74) is 0. The van der Waals surface area contributed by atoms with Crippen molar-refractivity contribution in [2.24, 2.45) is 0 Å². The Morgan fingerprint density at radius 1 is 1.29 bits per heavy atom.